The summed E-state index contributed by atoms with van der Waals surface area (Å²) < 4.78 is 0. The standard InChI is InChI=1S/C16H14ClN3O2/c1-19-13-7-4-10-18-15(13)20(14(21)8-9-17)12-6-3-2-5-11(12)16(19)22/h2-7,10H,8-9H2,1H3. The Hall–Kier alpha value is -2.40. The van der Waals surface area contributed by atoms with Gasteiger partial charge in [0, 0.05) is 25.5 Å². The highest BCUT2D eigenvalue weighted by Crippen LogP contribution is 2.38. The minimum absolute atomic E-state index is 0.170. The Morgan fingerprint density at radius 3 is 2.68 bits per heavy atom. The Kier molecular flexibility index (Phi) is 3.81. The number of halogens is 1. The molecule has 0 radical (unpaired) electrons. The van der Waals surface area contributed by atoms with E-state index >= 15 is 0 Å². The number of pyridine rings is 1. The van der Waals surface area contributed by atoms with Crippen LogP contribution in [-0.2, 0) is 4.79 Å². The number of aromatic nitrogens is 1. The number of hydrogen-bond donors (Lipinski definition) is 0. The molecule has 0 saturated heterocycles. The second-order valence-electron chi connectivity index (χ2n) is 4.90. The molecule has 22 heavy (non-hydrogen) atoms. The predicted molar refractivity (Wildman–Crippen MR) is 85.9 cm³/mol. The molecule has 1 aliphatic heterocycles. The van der Waals surface area contributed by atoms with E-state index in [1.165, 1.54) is 9.80 Å². The molecular weight excluding hydrogens is 302 g/mol. The van der Waals surface area contributed by atoms with E-state index in [4.69, 9.17) is 11.6 Å². The fraction of sp³-hybridized carbons (Fsp3) is 0.188. The van der Waals surface area contributed by atoms with Crippen LogP contribution in [0.5, 0.6) is 0 Å². The lowest BCUT2D eigenvalue weighted by molar-refractivity contribution is -0.117. The van der Waals surface area contributed by atoms with Crippen LogP contribution >= 0.6 is 11.6 Å². The molecule has 1 aromatic heterocycles. The van der Waals surface area contributed by atoms with E-state index in [2.05, 4.69) is 4.98 Å². The summed E-state index contributed by atoms with van der Waals surface area (Å²) >= 11 is 5.72. The quantitative estimate of drug-likeness (QED) is 0.801. The van der Waals surface area contributed by atoms with E-state index in [0.29, 0.717) is 22.8 Å². The summed E-state index contributed by atoms with van der Waals surface area (Å²) in [5.74, 6) is 0.290. The number of rotatable bonds is 2. The van der Waals surface area contributed by atoms with E-state index in [1.54, 1.807) is 49.6 Å². The summed E-state index contributed by atoms with van der Waals surface area (Å²) in [4.78, 5) is 32.5. The van der Waals surface area contributed by atoms with Gasteiger partial charge < -0.3 is 4.90 Å². The van der Waals surface area contributed by atoms with Gasteiger partial charge in [-0.2, -0.15) is 0 Å². The van der Waals surface area contributed by atoms with Crippen LogP contribution in [0.3, 0.4) is 0 Å². The Bertz CT molecular complexity index is 748. The first-order valence-electron chi connectivity index (χ1n) is 6.86. The van der Waals surface area contributed by atoms with Gasteiger partial charge in [-0.05, 0) is 24.3 Å². The van der Waals surface area contributed by atoms with Gasteiger partial charge in [0.2, 0.25) is 5.91 Å². The third-order valence-electron chi connectivity index (χ3n) is 3.58. The van der Waals surface area contributed by atoms with Crippen LogP contribution in [0.15, 0.2) is 42.6 Å². The molecule has 0 aliphatic carbocycles. The highest BCUT2D eigenvalue weighted by Gasteiger charge is 2.32. The first-order valence-corrected chi connectivity index (χ1v) is 7.39. The van der Waals surface area contributed by atoms with Crippen molar-refractivity contribution in [3.63, 3.8) is 0 Å². The summed E-state index contributed by atoms with van der Waals surface area (Å²) in [6, 6.07) is 10.5. The summed E-state index contributed by atoms with van der Waals surface area (Å²) in [5, 5.41) is 0. The van der Waals surface area contributed by atoms with Gasteiger partial charge in [0.15, 0.2) is 5.82 Å². The number of nitrogens with zero attached hydrogens (tertiary/aromatic N) is 3. The second-order valence-corrected chi connectivity index (χ2v) is 5.27. The Morgan fingerprint density at radius 2 is 1.91 bits per heavy atom. The van der Waals surface area contributed by atoms with Gasteiger partial charge in [0.25, 0.3) is 5.91 Å². The largest absolute Gasteiger partial charge is 0.308 e. The van der Waals surface area contributed by atoms with Crippen molar-refractivity contribution >= 4 is 40.6 Å². The van der Waals surface area contributed by atoms with Gasteiger partial charge in [-0.25, -0.2) is 4.98 Å². The van der Waals surface area contributed by atoms with Crippen LogP contribution in [0.1, 0.15) is 16.8 Å². The molecule has 0 spiro atoms. The number of hydrogen-bond acceptors (Lipinski definition) is 3. The van der Waals surface area contributed by atoms with Gasteiger partial charge in [0.05, 0.1) is 16.9 Å². The number of alkyl halides is 1. The van der Waals surface area contributed by atoms with Crippen LogP contribution < -0.4 is 9.80 Å². The van der Waals surface area contributed by atoms with E-state index in [-0.39, 0.29) is 24.1 Å². The molecule has 1 aromatic carbocycles. The van der Waals surface area contributed by atoms with Crippen LogP contribution in [-0.4, -0.2) is 29.7 Å². The maximum Gasteiger partial charge on any atom is 0.260 e. The third-order valence-corrected chi connectivity index (χ3v) is 3.77. The zero-order valence-electron chi connectivity index (χ0n) is 12.0. The van der Waals surface area contributed by atoms with Crippen molar-refractivity contribution in [2.75, 3.05) is 22.7 Å². The molecule has 0 saturated carbocycles. The van der Waals surface area contributed by atoms with Crippen molar-refractivity contribution in [1.29, 1.82) is 0 Å². The molecular formula is C16H14ClN3O2. The van der Waals surface area contributed by atoms with Gasteiger partial charge in [-0.1, -0.05) is 12.1 Å². The summed E-state index contributed by atoms with van der Waals surface area (Å²) in [5.41, 5.74) is 1.59. The number of carbonyl (C=O) groups excluding carboxylic acids is 2. The predicted octanol–water partition coefficient (Wildman–Crippen LogP) is 2.97. The molecule has 1 aliphatic rings. The van der Waals surface area contributed by atoms with Crippen LogP contribution in [0.2, 0.25) is 0 Å². The van der Waals surface area contributed by atoms with Crippen molar-refractivity contribution in [2.45, 2.75) is 6.42 Å². The molecule has 2 amide bonds. The lowest BCUT2D eigenvalue weighted by Crippen LogP contribution is -2.27. The van der Waals surface area contributed by atoms with Gasteiger partial charge in [-0.15, -0.1) is 11.6 Å². The summed E-state index contributed by atoms with van der Waals surface area (Å²) in [6.07, 6.45) is 1.77. The van der Waals surface area contributed by atoms with E-state index in [0.717, 1.165) is 0 Å². The smallest absolute Gasteiger partial charge is 0.260 e. The van der Waals surface area contributed by atoms with Crippen molar-refractivity contribution in [1.82, 2.24) is 4.98 Å². The Balaban J connectivity index is 2.28. The molecule has 6 heteroatoms. The maximum absolute atomic E-state index is 12.7. The summed E-state index contributed by atoms with van der Waals surface area (Å²) in [6.45, 7) is 0. The van der Waals surface area contributed by atoms with Crippen molar-refractivity contribution in [2.24, 2.45) is 0 Å². The molecule has 2 heterocycles. The second kappa shape index (κ2) is 5.77. The average molecular weight is 316 g/mol. The van der Waals surface area contributed by atoms with Gasteiger partial charge in [-0.3, -0.25) is 14.5 Å². The molecule has 0 N–H and O–H groups in total. The highest BCUT2D eigenvalue weighted by atomic mass is 35.5. The Labute approximate surface area is 133 Å². The molecule has 0 bridgehead atoms. The minimum atomic E-state index is -0.189. The zero-order valence-corrected chi connectivity index (χ0v) is 12.7. The number of anilines is 3. The van der Waals surface area contributed by atoms with Crippen molar-refractivity contribution in [3.05, 3.63) is 48.2 Å². The minimum Gasteiger partial charge on any atom is -0.308 e. The average Bonchev–Trinajstić information content (AvgIpc) is 2.63. The fourth-order valence-corrected chi connectivity index (χ4v) is 2.68. The van der Waals surface area contributed by atoms with Crippen LogP contribution in [0.25, 0.3) is 0 Å². The zero-order chi connectivity index (χ0) is 15.7. The molecule has 3 rings (SSSR count). The maximum atomic E-state index is 12.7. The van der Waals surface area contributed by atoms with Crippen molar-refractivity contribution < 1.29 is 9.59 Å². The molecule has 0 unspecified atom stereocenters. The fourth-order valence-electron chi connectivity index (χ4n) is 2.52. The van der Waals surface area contributed by atoms with Crippen LogP contribution in [0, 0.1) is 0 Å². The topological polar surface area (TPSA) is 53.5 Å². The van der Waals surface area contributed by atoms with Gasteiger partial charge in [0.1, 0.15) is 0 Å². The van der Waals surface area contributed by atoms with Crippen molar-refractivity contribution in [3.8, 4) is 0 Å². The highest BCUT2D eigenvalue weighted by molar-refractivity contribution is 6.21. The lowest BCUT2D eigenvalue weighted by Gasteiger charge is -2.23. The SMILES string of the molecule is CN1C(=O)c2ccccc2N(C(=O)CCCl)c2ncccc21. The lowest BCUT2D eigenvalue weighted by atomic mass is 10.1. The number of amides is 2. The number of carbonyl (C=O) groups is 2. The van der Waals surface area contributed by atoms with E-state index in [1.807, 2.05) is 0 Å². The Morgan fingerprint density at radius 1 is 1.18 bits per heavy atom. The number of para-hydroxylation sites is 1. The molecule has 2 aromatic rings. The monoisotopic (exact) mass is 315 g/mol. The van der Waals surface area contributed by atoms with E-state index in [9.17, 15) is 9.59 Å². The molecule has 0 atom stereocenters. The molecule has 112 valence electrons. The first-order chi connectivity index (χ1) is 10.6. The first kappa shape index (κ1) is 14.5. The van der Waals surface area contributed by atoms with E-state index < -0.39 is 0 Å². The number of benzene rings is 1. The van der Waals surface area contributed by atoms with Gasteiger partial charge >= 0.3 is 0 Å². The normalized spacial score (nSPS) is 13.5. The molecule has 0 fully saturated rings. The number of fused-ring (bicyclic) bond motifs is 2. The summed E-state index contributed by atoms with van der Waals surface area (Å²) in [7, 11) is 1.68. The van der Waals surface area contributed by atoms with Crippen LogP contribution in [0.4, 0.5) is 17.2 Å². The molecule has 5 nitrogen and oxygen atoms in total. The third kappa shape index (κ3) is 2.23.